The maximum Gasteiger partial charge on any atom is 0.239 e. The van der Waals surface area contributed by atoms with E-state index in [4.69, 9.17) is 4.42 Å². The summed E-state index contributed by atoms with van der Waals surface area (Å²) in [4.78, 5) is 15.9. The van der Waals surface area contributed by atoms with Gasteiger partial charge in [0.25, 0.3) is 0 Å². The standard InChI is InChI=1S/C17H26N4O2.HI/c1-18-17(19-10-9-14-6-3-2-4-7-14)21-13-16(22)20-12-15-8-5-11-23-15;/h5-6,8,11H,2-4,7,9-10,12-13H2,1H3,(H,20,22)(H2,18,19,21);1H. The normalized spacial score (nSPS) is 14.4. The number of nitrogens with zero attached hydrogens (tertiary/aromatic N) is 1. The third kappa shape index (κ3) is 7.85. The highest BCUT2D eigenvalue weighted by Gasteiger charge is 2.06. The lowest BCUT2D eigenvalue weighted by Gasteiger charge is -2.15. The molecule has 3 N–H and O–H groups in total. The highest BCUT2D eigenvalue weighted by atomic mass is 127. The van der Waals surface area contributed by atoms with Crippen LogP contribution in [-0.4, -0.2) is 32.0 Å². The van der Waals surface area contributed by atoms with E-state index in [0.29, 0.717) is 12.5 Å². The molecule has 0 saturated heterocycles. The predicted octanol–water partition coefficient (Wildman–Crippen LogP) is 2.57. The minimum absolute atomic E-state index is 0. The van der Waals surface area contributed by atoms with E-state index in [1.54, 1.807) is 19.4 Å². The molecule has 1 amide bonds. The molecule has 2 rings (SSSR count). The van der Waals surface area contributed by atoms with Gasteiger partial charge < -0.3 is 20.4 Å². The second-order valence-corrected chi connectivity index (χ2v) is 5.57. The van der Waals surface area contributed by atoms with Crippen molar-refractivity contribution >= 4 is 35.8 Å². The van der Waals surface area contributed by atoms with Crippen molar-refractivity contribution in [1.82, 2.24) is 16.0 Å². The summed E-state index contributed by atoms with van der Waals surface area (Å²) in [5, 5.41) is 9.04. The average molecular weight is 446 g/mol. The van der Waals surface area contributed by atoms with Crippen molar-refractivity contribution in [1.29, 1.82) is 0 Å². The van der Waals surface area contributed by atoms with Crippen LogP contribution in [0.1, 0.15) is 37.9 Å². The van der Waals surface area contributed by atoms with Gasteiger partial charge in [0.2, 0.25) is 5.91 Å². The minimum Gasteiger partial charge on any atom is -0.467 e. The van der Waals surface area contributed by atoms with Gasteiger partial charge in [-0.1, -0.05) is 11.6 Å². The van der Waals surface area contributed by atoms with Crippen molar-refractivity contribution in [3.05, 3.63) is 35.8 Å². The van der Waals surface area contributed by atoms with Gasteiger partial charge in [-0.25, -0.2) is 0 Å². The number of nitrogens with one attached hydrogen (secondary N) is 3. The SMILES string of the molecule is CN=C(NCCC1=CCCCC1)NCC(=O)NCc1ccco1.I. The van der Waals surface area contributed by atoms with Crippen LogP contribution in [-0.2, 0) is 11.3 Å². The number of rotatable bonds is 7. The second-order valence-electron chi connectivity index (χ2n) is 5.57. The molecule has 1 heterocycles. The van der Waals surface area contributed by atoms with E-state index in [-0.39, 0.29) is 36.4 Å². The number of hydrogen-bond acceptors (Lipinski definition) is 3. The van der Waals surface area contributed by atoms with E-state index in [9.17, 15) is 4.79 Å². The lowest BCUT2D eigenvalue weighted by atomic mass is 9.97. The first-order valence-corrected chi connectivity index (χ1v) is 8.19. The summed E-state index contributed by atoms with van der Waals surface area (Å²) >= 11 is 0. The molecule has 6 nitrogen and oxygen atoms in total. The Morgan fingerprint density at radius 3 is 2.83 bits per heavy atom. The Morgan fingerprint density at radius 1 is 1.29 bits per heavy atom. The van der Waals surface area contributed by atoms with Crippen LogP contribution in [0.4, 0.5) is 0 Å². The molecule has 0 saturated carbocycles. The summed E-state index contributed by atoms with van der Waals surface area (Å²) in [5.41, 5.74) is 1.52. The zero-order valence-corrected chi connectivity index (χ0v) is 16.5. The Balaban J connectivity index is 0.00000288. The molecule has 0 spiro atoms. The molecule has 0 bridgehead atoms. The smallest absolute Gasteiger partial charge is 0.239 e. The highest BCUT2D eigenvalue weighted by Crippen LogP contribution is 2.19. The zero-order valence-electron chi connectivity index (χ0n) is 14.1. The Morgan fingerprint density at radius 2 is 2.17 bits per heavy atom. The first kappa shape index (κ1) is 20.5. The fourth-order valence-corrected chi connectivity index (χ4v) is 2.52. The summed E-state index contributed by atoms with van der Waals surface area (Å²) in [6.45, 7) is 1.41. The molecule has 0 radical (unpaired) electrons. The molecule has 0 aliphatic heterocycles. The van der Waals surface area contributed by atoms with Gasteiger partial charge in [0, 0.05) is 13.6 Å². The third-order valence-electron chi connectivity index (χ3n) is 3.80. The molecule has 0 unspecified atom stereocenters. The summed E-state index contributed by atoms with van der Waals surface area (Å²) < 4.78 is 5.16. The Kier molecular flexibility index (Phi) is 10.2. The highest BCUT2D eigenvalue weighted by molar-refractivity contribution is 14.0. The average Bonchev–Trinajstić information content (AvgIpc) is 3.10. The van der Waals surface area contributed by atoms with E-state index in [1.165, 1.54) is 31.3 Å². The van der Waals surface area contributed by atoms with Crippen LogP contribution in [0, 0.1) is 0 Å². The molecule has 1 aliphatic carbocycles. The first-order chi connectivity index (χ1) is 11.3. The summed E-state index contributed by atoms with van der Waals surface area (Å²) in [6, 6.07) is 3.63. The van der Waals surface area contributed by atoms with Gasteiger partial charge in [0.15, 0.2) is 5.96 Å². The third-order valence-corrected chi connectivity index (χ3v) is 3.80. The molecule has 1 aromatic heterocycles. The van der Waals surface area contributed by atoms with Crippen LogP contribution in [0.15, 0.2) is 39.5 Å². The molecule has 1 aliphatic rings. The number of halogens is 1. The number of carbonyl (C=O) groups excluding carboxylic acids is 1. The van der Waals surface area contributed by atoms with Crippen molar-refractivity contribution < 1.29 is 9.21 Å². The molecule has 0 fully saturated rings. The fraction of sp³-hybridized carbons (Fsp3) is 0.529. The maximum atomic E-state index is 11.8. The van der Waals surface area contributed by atoms with E-state index in [0.717, 1.165) is 18.7 Å². The van der Waals surface area contributed by atoms with Crippen LogP contribution in [0.3, 0.4) is 0 Å². The van der Waals surface area contributed by atoms with E-state index >= 15 is 0 Å². The van der Waals surface area contributed by atoms with Crippen molar-refractivity contribution in [2.75, 3.05) is 20.1 Å². The number of furan rings is 1. The van der Waals surface area contributed by atoms with Gasteiger partial charge in [-0.2, -0.15) is 0 Å². The van der Waals surface area contributed by atoms with Gasteiger partial charge in [0.05, 0.1) is 19.4 Å². The number of guanidine groups is 1. The first-order valence-electron chi connectivity index (χ1n) is 8.19. The van der Waals surface area contributed by atoms with Crippen LogP contribution in [0.5, 0.6) is 0 Å². The number of carbonyl (C=O) groups is 1. The Labute approximate surface area is 160 Å². The lowest BCUT2D eigenvalue weighted by Crippen LogP contribution is -2.43. The van der Waals surface area contributed by atoms with Gasteiger partial charge in [0.1, 0.15) is 5.76 Å². The van der Waals surface area contributed by atoms with Crippen molar-refractivity contribution in [2.24, 2.45) is 4.99 Å². The van der Waals surface area contributed by atoms with E-state index in [1.807, 2.05) is 6.07 Å². The van der Waals surface area contributed by atoms with E-state index in [2.05, 4.69) is 27.0 Å². The zero-order chi connectivity index (χ0) is 16.3. The van der Waals surface area contributed by atoms with Crippen molar-refractivity contribution in [3.8, 4) is 0 Å². The Bertz CT molecular complexity index is 541. The van der Waals surface area contributed by atoms with Gasteiger partial charge in [-0.15, -0.1) is 24.0 Å². The molecule has 1 aromatic rings. The largest absolute Gasteiger partial charge is 0.467 e. The van der Waals surface area contributed by atoms with Crippen LogP contribution in [0.2, 0.25) is 0 Å². The fourth-order valence-electron chi connectivity index (χ4n) is 2.52. The summed E-state index contributed by atoms with van der Waals surface area (Å²) in [5.74, 6) is 1.29. The molecular weight excluding hydrogens is 419 g/mol. The van der Waals surface area contributed by atoms with Gasteiger partial charge in [-0.05, 0) is 44.2 Å². The molecule has 7 heteroatoms. The summed E-state index contributed by atoms with van der Waals surface area (Å²) in [6.07, 6.45) is 10.0. The molecule has 0 atom stereocenters. The number of allylic oxidation sites excluding steroid dienone is 1. The summed E-state index contributed by atoms with van der Waals surface area (Å²) in [7, 11) is 1.70. The van der Waals surface area contributed by atoms with E-state index < -0.39 is 0 Å². The van der Waals surface area contributed by atoms with Crippen LogP contribution >= 0.6 is 24.0 Å². The molecule has 134 valence electrons. The predicted molar refractivity (Wildman–Crippen MR) is 107 cm³/mol. The van der Waals surface area contributed by atoms with Gasteiger partial charge in [-0.3, -0.25) is 9.79 Å². The van der Waals surface area contributed by atoms with Crippen molar-refractivity contribution in [2.45, 2.75) is 38.6 Å². The minimum atomic E-state index is -0.0978. The molecule has 0 aromatic carbocycles. The second kappa shape index (κ2) is 11.9. The monoisotopic (exact) mass is 446 g/mol. The topological polar surface area (TPSA) is 78.7 Å². The molecule has 24 heavy (non-hydrogen) atoms. The number of hydrogen-bond donors (Lipinski definition) is 3. The maximum absolute atomic E-state index is 11.8. The molecular formula is C17H27IN4O2. The lowest BCUT2D eigenvalue weighted by molar-refractivity contribution is -0.120. The quantitative estimate of drug-likeness (QED) is 0.261. The Hall–Kier alpha value is -1.51. The number of aliphatic imine (C=N–C) groups is 1. The van der Waals surface area contributed by atoms with Gasteiger partial charge >= 0.3 is 0 Å². The van der Waals surface area contributed by atoms with Crippen LogP contribution in [0.25, 0.3) is 0 Å². The van der Waals surface area contributed by atoms with Crippen molar-refractivity contribution in [3.63, 3.8) is 0 Å². The van der Waals surface area contributed by atoms with Crippen LogP contribution < -0.4 is 16.0 Å². The number of amides is 1.